The van der Waals surface area contributed by atoms with Crippen LogP contribution in [0.1, 0.15) is 40.7 Å². The van der Waals surface area contributed by atoms with E-state index in [0.29, 0.717) is 0 Å². The second-order valence-corrected chi connectivity index (χ2v) is 18.3. The average molecular weight is 881 g/mol. The number of anilines is 3. The molecule has 0 fully saturated rings. The number of aromatic nitrogens is 1. The molecule has 2 aliphatic carbocycles. The van der Waals surface area contributed by atoms with Crippen molar-refractivity contribution in [3.8, 4) is 39.1 Å². The molecule has 0 unspecified atom stereocenters. The number of benzene rings is 10. The zero-order valence-electron chi connectivity index (χ0n) is 38.2. The molecule has 0 bridgehead atoms. The fourth-order valence-corrected chi connectivity index (χ4v) is 11.3. The molecule has 0 radical (unpaired) electrons. The van der Waals surface area contributed by atoms with Gasteiger partial charge in [0, 0.05) is 33.5 Å². The van der Waals surface area contributed by atoms with Crippen LogP contribution in [-0.2, 0) is 5.41 Å². The van der Waals surface area contributed by atoms with Gasteiger partial charge in [-0.25, -0.2) is 0 Å². The third-order valence-electron chi connectivity index (χ3n) is 14.5. The highest BCUT2D eigenvalue weighted by molar-refractivity contribution is 6.12. The van der Waals surface area contributed by atoms with E-state index in [9.17, 15) is 0 Å². The summed E-state index contributed by atoms with van der Waals surface area (Å²) in [5.41, 5.74) is 21.5. The molecule has 10 aromatic carbocycles. The van der Waals surface area contributed by atoms with E-state index in [1.54, 1.807) is 0 Å². The minimum absolute atomic E-state index is 0.436. The van der Waals surface area contributed by atoms with E-state index in [4.69, 9.17) is 0 Å². The second kappa shape index (κ2) is 16.9. The third-order valence-corrected chi connectivity index (χ3v) is 14.5. The van der Waals surface area contributed by atoms with Crippen LogP contribution in [0, 0.1) is 0 Å². The van der Waals surface area contributed by atoms with Gasteiger partial charge in [0.2, 0.25) is 0 Å². The summed E-state index contributed by atoms with van der Waals surface area (Å²) in [5.74, 6) is 0. The molecule has 13 rings (SSSR count). The number of fused-ring (bicyclic) bond motifs is 6. The summed E-state index contributed by atoms with van der Waals surface area (Å²) in [4.78, 5) is 2.40. The standard InChI is InChI=1S/C67H48N2/c1-5-17-47(18-6-1)49-31-38-56(39-32-49)68(57-40-33-50(34-41-57)48-19-7-2-8-20-48)58-42-44-66-62(46-58)61-45-52(35-43-65(61)69(66)55-23-11-4-12-24-55)51-29-36-54(37-30-51)67(53-21-9-3-10-22-53)63-27-15-13-25-59(63)60-26-14-16-28-64(60)67/h1,3-7,9-46H,2,8H2. The van der Waals surface area contributed by atoms with Gasteiger partial charge in [0.05, 0.1) is 16.4 Å². The monoisotopic (exact) mass is 880 g/mol. The summed E-state index contributed by atoms with van der Waals surface area (Å²) < 4.78 is 2.42. The van der Waals surface area contributed by atoms with Gasteiger partial charge in [-0.3, -0.25) is 0 Å². The van der Waals surface area contributed by atoms with E-state index in [2.05, 4.69) is 276 Å². The van der Waals surface area contributed by atoms with Crippen LogP contribution in [0.3, 0.4) is 0 Å². The molecule has 2 nitrogen and oxygen atoms in total. The largest absolute Gasteiger partial charge is 0.310 e. The lowest BCUT2D eigenvalue weighted by molar-refractivity contribution is 0.768. The van der Waals surface area contributed by atoms with E-state index >= 15 is 0 Å². The molecule has 1 aromatic heterocycles. The normalized spacial score (nSPS) is 13.5. The maximum atomic E-state index is 2.42. The predicted molar refractivity (Wildman–Crippen MR) is 290 cm³/mol. The van der Waals surface area contributed by atoms with Gasteiger partial charge >= 0.3 is 0 Å². The van der Waals surface area contributed by atoms with Gasteiger partial charge in [-0.15, -0.1) is 0 Å². The first-order valence-corrected chi connectivity index (χ1v) is 24.1. The smallest absolute Gasteiger partial charge is 0.0713 e. The number of hydrogen-bond acceptors (Lipinski definition) is 1. The van der Waals surface area contributed by atoms with Crippen molar-refractivity contribution in [3.05, 3.63) is 295 Å². The van der Waals surface area contributed by atoms with Crippen molar-refractivity contribution in [1.29, 1.82) is 0 Å². The minimum atomic E-state index is -0.436. The van der Waals surface area contributed by atoms with Gasteiger partial charge in [-0.1, -0.05) is 200 Å². The highest BCUT2D eigenvalue weighted by Gasteiger charge is 2.45. The van der Waals surface area contributed by atoms with Crippen LogP contribution < -0.4 is 4.90 Å². The quantitative estimate of drug-likeness (QED) is 0.140. The fourth-order valence-electron chi connectivity index (χ4n) is 11.3. The van der Waals surface area contributed by atoms with Crippen molar-refractivity contribution in [2.45, 2.75) is 18.3 Å². The number of nitrogens with zero attached hydrogens (tertiary/aromatic N) is 2. The van der Waals surface area contributed by atoms with Crippen LogP contribution in [0.2, 0.25) is 0 Å². The first-order chi connectivity index (χ1) is 34.2. The summed E-state index contributed by atoms with van der Waals surface area (Å²) in [6.07, 6.45) is 9.07. The van der Waals surface area contributed by atoms with Crippen LogP contribution in [0.15, 0.2) is 267 Å². The Balaban J connectivity index is 0.956. The average Bonchev–Trinajstić information content (AvgIpc) is 3.92. The predicted octanol–water partition coefficient (Wildman–Crippen LogP) is 17.7. The lowest BCUT2D eigenvalue weighted by Gasteiger charge is -2.34. The molecule has 0 spiro atoms. The van der Waals surface area contributed by atoms with Crippen molar-refractivity contribution >= 4 is 44.4 Å². The van der Waals surface area contributed by atoms with E-state index in [1.807, 2.05) is 0 Å². The molecule has 11 aromatic rings. The molecule has 0 amide bonds. The summed E-state index contributed by atoms with van der Waals surface area (Å²) in [6.45, 7) is 0. The lowest BCUT2D eigenvalue weighted by Crippen LogP contribution is -2.28. The molecule has 0 saturated carbocycles. The van der Waals surface area contributed by atoms with Crippen molar-refractivity contribution in [2.75, 3.05) is 4.90 Å². The molecule has 0 N–H and O–H groups in total. The molecule has 0 atom stereocenters. The van der Waals surface area contributed by atoms with Crippen LogP contribution in [0.5, 0.6) is 0 Å². The Bertz CT molecular complexity index is 3680. The molecular formula is C67H48N2. The maximum absolute atomic E-state index is 2.42. The van der Waals surface area contributed by atoms with Crippen LogP contribution in [0.4, 0.5) is 17.1 Å². The molecule has 2 heteroatoms. The number of hydrogen-bond donors (Lipinski definition) is 0. The number of rotatable bonds is 9. The number of para-hydroxylation sites is 1. The number of allylic oxidation sites excluding steroid dienone is 4. The minimum Gasteiger partial charge on any atom is -0.310 e. The summed E-state index contributed by atoms with van der Waals surface area (Å²) in [7, 11) is 0. The Morgan fingerprint density at radius 1 is 0.362 bits per heavy atom. The molecule has 326 valence electrons. The SMILES string of the molecule is C1=CC(c2ccc(N(c3ccc(-c4ccccc4)cc3)c3ccc4c(c3)c3cc(-c5ccc(C6(c7ccccc7)c7ccccc7-c7ccccc76)cc5)ccc3n4-c3ccccc3)cc2)=CCC1. The first kappa shape index (κ1) is 40.5. The van der Waals surface area contributed by atoms with Crippen molar-refractivity contribution in [3.63, 3.8) is 0 Å². The molecule has 69 heavy (non-hydrogen) atoms. The Morgan fingerprint density at radius 2 is 0.841 bits per heavy atom. The summed E-state index contributed by atoms with van der Waals surface area (Å²) >= 11 is 0. The van der Waals surface area contributed by atoms with Crippen LogP contribution >= 0.6 is 0 Å². The molecule has 1 heterocycles. The summed E-state index contributed by atoms with van der Waals surface area (Å²) in [6, 6.07) is 91.8. The third kappa shape index (κ3) is 6.79. The van der Waals surface area contributed by atoms with Crippen molar-refractivity contribution < 1.29 is 0 Å². The van der Waals surface area contributed by atoms with E-state index in [1.165, 1.54) is 88.6 Å². The first-order valence-electron chi connectivity index (χ1n) is 24.1. The van der Waals surface area contributed by atoms with Gasteiger partial charge in [-0.2, -0.15) is 0 Å². The van der Waals surface area contributed by atoms with E-state index < -0.39 is 5.41 Å². The molecule has 0 saturated heterocycles. The Hall–Kier alpha value is -8.72. The Kier molecular flexibility index (Phi) is 9.91. The second-order valence-electron chi connectivity index (χ2n) is 18.3. The fraction of sp³-hybridized carbons (Fsp3) is 0.0448. The molecule has 0 aliphatic heterocycles. The summed E-state index contributed by atoms with van der Waals surface area (Å²) in [5, 5.41) is 2.41. The zero-order chi connectivity index (χ0) is 45.7. The molecule has 2 aliphatic rings. The van der Waals surface area contributed by atoms with Gasteiger partial charge < -0.3 is 9.47 Å². The Morgan fingerprint density at radius 3 is 1.48 bits per heavy atom. The lowest BCUT2D eigenvalue weighted by atomic mass is 9.67. The zero-order valence-corrected chi connectivity index (χ0v) is 38.2. The van der Waals surface area contributed by atoms with Gasteiger partial charge in [-0.05, 0) is 146 Å². The van der Waals surface area contributed by atoms with Gasteiger partial charge in [0.15, 0.2) is 0 Å². The van der Waals surface area contributed by atoms with Crippen molar-refractivity contribution in [2.24, 2.45) is 0 Å². The van der Waals surface area contributed by atoms with Crippen LogP contribution in [-0.4, -0.2) is 4.57 Å². The highest BCUT2D eigenvalue weighted by Crippen LogP contribution is 2.56. The van der Waals surface area contributed by atoms with E-state index in [-0.39, 0.29) is 0 Å². The topological polar surface area (TPSA) is 8.17 Å². The maximum Gasteiger partial charge on any atom is 0.0713 e. The highest BCUT2D eigenvalue weighted by atomic mass is 15.1. The molecular weight excluding hydrogens is 833 g/mol. The van der Waals surface area contributed by atoms with Crippen molar-refractivity contribution in [1.82, 2.24) is 4.57 Å². The van der Waals surface area contributed by atoms with Gasteiger partial charge in [0.25, 0.3) is 0 Å². The van der Waals surface area contributed by atoms with Gasteiger partial charge in [0.1, 0.15) is 0 Å². The van der Waals surface area contributed by atoms with E-state index in [0.717, 1.165) is 35.6 Å². The van der Waals surface area contributed by atoms with Crippen LogP contribution in [0.25, 0.3) is 66.4 Å². The Labute approximate surface area is 404 Å².